The summed E-state index contributed by atoms with van der Waals surface area (Å²) >= 11 is 0. The van der Waals surface area contributed by atoms with Crippen molar-refractivity contribution in [2.24, 2.45) is 7.05 Å². The second-order valence-corrected chi connectivity index (χ2v) is 7.67. The van der Waals surface area contributed by atoms with Gasteiger partial charge < -0.3 is 14.0 Å². The molecule has 0 bridgehead atoms. The van der Waals surface area contributed by atoms with Crippen molar-refractivity contribution in [3.8, 4) is 11.5 Å². The van der Waals surface area contributed by atoms with Crippen LogP contribution in [0.4, 0.5) is 4.39 Å². The lowest BCUT2D eigenvalue weighted by Gasteiger charge is -2.20. The number of aromatic nitrogens is 2. The molecule has 0 amide bonds. The van der Waals surface area contributed by atoms with Gasteiger partial charge in [0.1, 0.15) is 34.1 Å². The predicted molar refractivity (Wildman–Crippen MR) is 101 cm³/mol. The fourth-order valence-corrected chi connectivity index (χ4v) is 4.19. The lowest BCUT2D eigenvalue weighted by atomic mass is 10.1. The number of aryl methyl sites for hydroxylation is 1. The monoisotopic (exact) mass is 405 g/mol. The summed E-state index contributed by atoms with van der Waals surface area (Å²) in [5, 5.41) is 0. The minimum absolute atomic E-state index is 0.120. The molecule has 1 unspecified atom stereocenters. The molecule has 3 rings (SSSR count). The van der Waals surface area contributed by atoms with Crippen LogP contribution in [0.15, 0.2) is 59.8 Å². The number of halogens is 1. The van der Waals surface area contributed by atoms with E-state index in [4.69, 9.17) is 9.47 Å². The lowest BCUT2D eigenvalue weighted by molar-refractivity contribution is 0.391. The molecular weight excluding hydrogens is 385 g/mol. The van der Waals surface area contributed by atoms with Crippen LogP contribution in [0.25, 0.3) is 0 Å². The number of hydrogen-bond donors (Lipinski definition) is 1. The Labute approximate surface area is 162 Å². The molecule has 0 aliphatic heterocycles. The Kier molecular flexibility index (Phi) is 5.66. The van der Waals surface area contributed by atoms with Crippen molar-refractivity contribution in [1.82, 2.24) is 14.3 Å². The normalized spacial score (nSPS) is 12.6. The van der Waals surface area contributed by atoms with Crippen molar-refractivity contribution in [2.75, 3.05) is 14.2 Å². The zero-order chi connectivity index (χ0) is 20.3. The summed E-state index contributed by atoms with van der Waals surface area (Å²) in [6.07, 6.45) is 3.17. The van der Waals surface area contributed by atoms with Crippen LogP contribution in [-0.4, -0.2) is 32.2 Å². The second kappa shape index (κ2) is 7.99. The lowest BCUT2D eigenvalue weighted by Crippen LogP contribution is -2.32. The van der Waals surface area contributed by atoms with E-state index in [1.165, 1.54) is 50.7 Å². The molecule has 0 aliphatic carbocycles. The van der Waals surface area contributed by atoms with Gasteiger partial charge in [0.2, 0.25) is 10.0 Å². The van der Waals surface area contributed by atoms with Gasteiger partial charge in [0.05, 0.1) is 14.2 Å². The van der Waals surface area contributed by atoms with E-state index in [0.717, 1.165) is 0 Å². The number of benzene rings is 2. The summed E-state index contributed by atoms with van der Waals surface area (Å²) in [5.41, 5.74) is 0.155. The first-order valence-corrected chi connectivity index (χ1v) is 9.81. The zero-order valence-corrected chi connectivity index (χ0v) is 16.4. The van der Waals surface area contributed by atoms with Crippen LogP contribution in [0.1, 0.15) is 17.4 Å². The summed E-state index contributed by atoms with van der Waals surface area (Å²) in [6, 6.07) is 9.34. The van der Waals surface area contributed by atoms with Gasteiger partial charge in [-0.05, 0) is 18.2 Å². The summed E-state index contributed by atoms with van der Waals surface area (Å²) in [6.45, 7) is 0. The maximum Gasteiger partial charge on any atom is 0.245 e. The summed E-state index contributed by atoms with van der Waals surface area (Å²) < 4.78 is 55.3. The van der Waals surface area contributed by atoms with Gasteiger partial charge in [0.15, 0.2) is 0 Å². The van der Waals surface area contributed by atoms with Crippen molar-refractivity contribution < 1.29 is 22.3 Å². The van der Waals surface area contributed by atoms with E-state index in [2.05, 4.69) is 9.71 Å². The van der Waals surface area contributed by atoms with Crippen molar-refractivity contribution in [3.63, 3.8) is 0 Å². The molecule has 1 aromatic heterocycles. The van der Waals surface area contributed by atoms with Gasteiger partial charge in [-0.3, -0.25) is 0 Å². The van der Waals surface area contributed by atoms with Crippen molar-refractivity contribution >= 4 is 10.0 Å². The third kappa shape index (κ3) is 3.85. The van der Waals surface area contributed by atoms with E-state index in [1.54, 1.807) is 29.9 Å². The highest BCUT2D eigenvalue weighted by atomic mass is 32.2. The maximum absolute atomic E-state index is 14.5. The minimum atomic E-state index is -4.12. The number of nitrogens with zero attached hydrogens (tertiary/aromatic N) is 2. The maximum atomic E-state index is 14.5. The van der Waals surface area contributed by atoms with Crippen LogP contribution in [-0.2, 0) is 17.1 Å². The average Bonchev–Trinajstić information content (AvgIpc) is 3.12. The van der Waals surface area contributed by atoms with Gasteiger partial charge in [-0.2, -0.15) is 4.72 Å². The molecule has 0 aliphatic rings. The van der Waals surface area contributed by atoms with Crippen LogP contribution >= 0.6 is 0 Å². The van der Waals surface area contributed by atoms with Gasteiger partial charge in [0, 0.05) is 31.1 Å². The fraction of sp³-hybridized carbons (Fsp3) is 0.211. The first-order valence-electron chi connectivity index (χ1n) is 8.33. The summed E-state index contributed by atoms with van der Waals surface area (Å²) in [7, 11) is 0.389. The highest BCUT2D eigenvalue weighted by Crippen LogP contribution is 2.31. The van der Waals surface area contributed by atoms with E-state index in [9.17, 15) is 12.8 Å². The molecule has 0 saturated heterocycles. The van der Waals surface area contributed by atoms with Crippen molar-refractivity contribution in [2.45, 2.75) is 10.9 Å². The van der Waals surface area contributed by atoms with E-state index >= 15 is 0 Å². The standard InChI is InChI=1S/C19H20FN3O4S/c1-23-11-10-21-19(23)18(14-6-4-5-7-15(14)20)22-28(24,25)17-12-13(26-2)8-9-16(17)27-3/h4-12,18,22H,1-3H3. The fourth-order valence-electron chi connectivity index (χ4n) is 2.83. The molecule has 28 heavy (non-hydrogen) atoms. The van der Waals surface area contributed by atoms with Gasteiger partial charge in [-0.15, -0.1) is 0 Å². The molecule has 1 N–H and O–H groups in total. The third-order valence-corrected chi connectivity index (χ3v) is 5.71. The number of hydrogen-bond acceptors (Lipinski definition) is 5. The highest BCUT2D eigenvalue weighted by Gasteiger charge is 2.29. The molecule has 0 fully saturated rings. The zero-order valence-electron chi connectivity index (χ0n) is 15.6. The SMILES string of the molecule is COc1ccc(OC)c(S(=O)(=O)NC(c2ccccc2F)c2nccn2C)c1. The molecule has 2 aromatic carbocycles. The number of ether oxygens (including phenoxy) is 2. The topological polar surface area (TPSA) is 82.4 Å². The Morgan fingerprint density at radius 3 is 2.50 bits per heavy atom. The smallest absolute Gasteiger partial charge is 0.245 e. The third-order valence-electron chi connectivity index (χ3n) is 4.27. The van der Waals surface area contributed by atoms with Gasteiger partial charge in [0.25, 0.3) is 0 Å². The molecule has 1 atom stereocenters. The second-order valence-electron chi connectivity index (χ2n) is 5.99. The van der Waals surface area contributed by atoms with Gasteiger partial charge in [-0.1, -0.05) is 18.2 Å². The highest BCUT2D eigenvalue weighted by molar-refractivity contribution is 7.89. The van der Waals surface area contributed by atoms with E-state index in [0.29, 0.717) is 11.6 Å². The Balaban J connectivity index is 2.11. The number of imidazole rings is 1. The summed E-state index contributed by atoms with van der Waals surface area (Å²) in [4.78, 5) is 4.08. The Morgan fingerprint density at radius 2 is 1.89 bits per heavy atom. The van der Waals surface area contributed by atoms with Crippen LogP contribution in [0, 0.1) is 5.82 Å². The molecule has 0 spiro atoms. The Morgan fingerprint density at radius 1 is 1.14 bits per heavy atom. The number of methoxy groups -OCH3 is 2. The molecule has 148 valence electrons. The van der Waals surface area contributed by atoms with Crippen LogP contribution < -0.4 is 14.2 Å². The average molecular weight is 405 g/mol. The number of sulfonamides is 1. The molecule has 3 aromatic rings. The van der Waals surface area contributed by atoms with E-state index in [-0.39, 0.29) is 16.2 Å². The Bertz CT molecular complexity index is 1080. The van der Waals surface area contributed by atoms with E-state index in [1.807, 2.05) is 0 Å². The first-order chi connectivity index (χ1) is 13.4. The quantitative estimate of drug-likeness (QED) is 0.654. The van der Waals surface area contributed by atoms with Crippen molar-refractivity contribution in [1.29, 1.82) is 0 Å². The van der Waals surface area contributed by atoms with Crippen molar-refractivity contribution in [3.05, 3.63) is 72.1 Å². The molecule has 1 heterocycles. The summed E-state index contributed by atoms with van der Waals surface area (Å²) in [5.74, 6) is 0.285. The van der Waals surface area contributed by atoms with Crippen LogP contribution in [0.3, 0.4) is 0 Å². The van der Waals surface area contributed by atoms with Gasteiger partial charge in [-0.25, -0.2) is 17.8 Å². The largest absolute Gasteiger partial charge is 0.497 e. The van der Waals surface area contributed by atoms with Crippen LogP contribution in [0.2, 0.25) is 0 Å². The molecular formula is C19H20FN3O4S. The number of nitrogens with one attached hydrogen (secondary N) is 1. The van der Waals surface area contributed by atoms with Gasteiger partial charge >= 0.3 is 0 Å². The first kappa shape index (κ1) is 19.8. The number of rotatable bonds is 7. The molecule has 9 heteroatoms. The molecule has 7 nitrogen and oxygen atoms in total. The molecule has 0 radical (unpaired) electrons. The molecule has 0 saturated carbocycles. The van der Waals surface area contributed by atoms with E-state index < -0.39 is 21.9 Å². The minimum Gasteiger partial charge on any atom is -0.497 e. The Hall–Kier alpha value is -2.91. The predicted octanol–water partition coefficient (Wildman–Crippen LogP) is 2.64. The van der Waals surface area contributed by atoms with Crippen LogP contribution in [0.5, 0.6) is 11.5 Å².